The van der Waals surface area contributed by atoms with Crippen LogP contribution in [-0.2, 0) is 21.0 Å². The van der Waals surface area contributed by atoms with E-state index in [-0.39, 0.29) is 10.8 Å². The molecule has 4 heteroatoms. The Morgan fingerprint density at radius 1 is 0.676 bits per heavy atom. The molecule has 0 saturated heterocycles. The van der Waals surface area contributed by atoms with Crippen molar-refractivity contribution in [2.45, 2.75) is 110 Å². The predicted octanol–water partition coefficient (Wildman–Crippen LogP) is 8.75. The van der Waals surface area contributed by atoms with Crippen molar-refractivity contribution in [3.63, 3.8) is 0 Å². The van der Waals surface area contributed by atoms with E-state index in [1.807, 2.05) is 12.1 Å². The van der Waals surface area contributed by atoms with Crippen molar-refractivity contribution in [1.82, 2.24) is 0 Å². The quantitative estimate of drug-likeness (QED) is 0.246. The van der Waals surface area contributed by atoms with Gasteiger partial charge in [-0.05, 0) is 51.8 Å². The maximum Gasteiger partial charge on any atom is 0.328 e. The number of benzene rings is 2. The van der Waals surface area contributed by atoms with Crippen LogP contribution >= 0.6 is 8.60 Å². The molecule has 2 aromatic carbocycles. The Morgan fingerprint density at radius 3 is 1.47 bits per heavy atom. The first-order valence-electron chi connectivity index (χ1n) is 12.9. The van der Waals surface area contributed by atoms with Crippen molar-refractivity contribution >= 4 is 8.60 Å². The van der Waals surface area contributed by atoms with E-state index in [9.17, 15) is 9.79 Å². The first-order chi connectivity index (χ1) is 15.8. The third kappa shape index (κ3) is 7.62. The lowest BCUT2D eigenvalue weighted by Gasteiger charge is -2.41. The van der Waals surface area contributed by atoms with Gasteiger partial charge in [0.05, 0.1) is 0 Å². The normalized spacial score (nSPS) is 13.2. The Hall–Kier alpha value is -1.25. The van der Waals surface area contributed by atoms with Gasteiger partial charge in [-0.3, -0.25) is 4.52 Å². The molecule has 0 spiro atoms. The number of hydrogen-bond donors (Lipinski definition) is 2. The van der Waals surface area contributed by atoms with Crippen LogP contribution in [0.3, 0.4) is 0 Å². The standard InChI is InChI=1S/C30H47O3P/c1-23(2)17-11-9-10-16-22-30(33-34(31)32,26-20-14-12-18-24(26)28(3,4)5)27-21-15-13-19-25(27)29(6,7)8/h12-15,18-21,23,31-32H,9-11,16-17,22H2,1-8H3. The van der Waals surface area contributed by atoms with Crippen molar-refractivity contribution < 1.29 is 14.3 Å². The fraction of sp³-hybridized carbons (Fsp3) is 0.600. The molecule has 0 amide bonds. The lowest BCUT2D eigenvalue weighted by molar-refractivity contribution is 0.0756. The van der Waals surface area contributed by atoms with E-state index in [4.69, 9.17) is 4.52 Å². The molecule has 0 radical (unpaired) electrons. The average molecular weight is 487 g/mol. The lowest BCUT2D eigenvalue weighted by Crippen LogP contribution is -2.36. The van der Waals surface area contributed by atoms with Crippen molar-refractivity contribution in [2.24, 2.45) is 5.92 Å². The third-order valence-electron chi connectivity index (χ3n) is 6.64. The zero-order valence-corrected chi connectivity index (χ0v) is 23.6. The van der Waals surface area contributed by atoms with E-state index < -0.39 is 14.2 Å². The van der Waals surface area contributed by atoms with Crippen LogP contribution in [0.1, 0.15) is 116 Å². The summed E-state index contributed by atoms with van der Waals surface area (Å²) in [6, 6.07) is 16.8. The Balaban J connectivity index is 2.67. The summed E-state index contributed by atoms with van der Waals surface area (Å²) < 4.78 is 6.30. The van der Waals surface area contributed by atoms with Gasteiger partial charge in [0.15, 0.2) is 0 Å². The van der Waals surface area contributed by atoms with E-state index >= 15 is 0 Å². The third-order valence-corrected chi connectivity index (χ3v) is 7.11. The highest BCUT2D eigenvalue weighted by Gasteiger charge is 2.43. The number of hydrogen-bond acceptors (Lipinski definition) is 3. The van der Waals surface area contributed by atoms with E-state index in [2.05, 4.69) is 91.8 Å². The van der Waals surface area contributed by atoms with Crippen LogP contribution in [0, 0.1) is 5.92 Å². The highest BCUT2D eigenvalue weighted by molar-refractivity contribution is 7.39. The molecule has 0 unspecified atom stereocenters. The highest BCUT2D eigenvalue weighted by atomic mass is 31.2. The van der Waals surface area contributed by atoms with Crippen LogP contribution in [0.5, 0.6) is 0 Å². The Labute approximate surface area is 210 Å². The van der Waals surface area contributed by atoms with Gasteiger partial charge in [-0.2, -0.15) is 0 Å². The monoisotopic (exact) mass is 486 g/mol. The van der Waals surface area contributed by atoms with Gasteiger partial charge in [0.1, 0.15) is 5.60 Å². The summed E-state index contributed by atoms with van der Waals surface area (Å²) in [5, 5.41) is 0. The van der Waals surface area contributed by atoms with Gasteiger partial charge < -0.3 is 9.79 Å². The molecule has 2 N–H and O–H groups in total. The summed E-state index contributed by atoms with van der Waals surface area (Å²) >= 11 is 0. The second kappa shape index (κ2) is 12.1. The molecule has 2 rings (SSSR count). The van der Waals surface area contributed by atoms with Gasteiger partial charge in [0.25, 0.3) is 0 Å². The first kappa shape index (κ1) is 29.0. The van der Waals surface area contributed by atoms with Crippen LogP contribution in [0.4, 0.5) is 0 Å². The fourth-order valence-electron chi connectivity index (χ4n) is 4.96. The molecule has 0 fully saturated rings. The average Bonchev–Trinajstić information content (AvgIpc) is 2.73. The molecule has 0 heterocycles. The van der Waals surface area contributed by atoms with Crippen LogP contribution < -0.4 is 0 Å². The van der Waals surface area contributed by atoms with Crippen LogP contribution in [0.2, 0.25) is 0 Å². The fourth-order valence-corrected chi connectivity index (χ4v) is 5.52. The van der Waals surface area contributed by atoms with Gasteiger partial charge in [-0.1, -0.05) is 130 Å². The molecule has 0 aliphatic rings. The van der Waals surface area contributed by atoms with E-state index in [1.165, 1.54) is 30.4 Å². The van der Waals surface area contributed by atoms with E-state index in [0.717, 1.165) is 29.9 Å². The van der Waals surface area contributed by atoms with Crippen molar-refractivity contribution in [3.05, 3.63) is 70.8 Å². The Kier molecular flexibility index (Phi) is 10.3. The molecule has 2 aromatic rings. The molecular formula is C30H47O3P. The minimum Gasteiger partial charge on any atom is -0.328 e. The minimum atomic E-state index is -2.57. The first-order valence-corrected chi connectivity index (χ1v) is 14.0. The predicted molar refractivity (Wildman–Crippen MR) is 146 cm³/mol. The minimum absolute atomic E-state index is 0.118. The van der Waals surface area contributed by atoms with Gasteiger partial charge in [0.2, 0.25) is 0 Å². The van der Waals surface area contributed by atoms with E-state index in [0.29, 0.717) is 6.42 Å². The summed E-state index contributed by atoms with van der Waals surface area (Å²) in [4.78, 5) is 20.6. The number of rotatable bonds is 11. The van der Waals surface area contributed by atoms with Crippen molar-refractivity contribution in [3.8, 4) is 0 Å². The summed E-state index contributed by atoms with van der Waals surface area (Å²) in [6.07, 6.45) is 6.42. The SMILES string of the molecule is CC(C)CCCCCCC(OP(O)O)(c1ccccc1C(C)(C)C)c1ccccc1C(C)(C)C. The molecule has 3 nitrogen and oxygen atoms in total. The molecule has 0 saturated carbocycles. The van der Waals surface area contributed by atoms with E-state index in [1.54, 1.807) is 0 Å². The molecule has 0 aliphatic heterocycles. The second-order valence-electron chi connectivity index (χ2n) is 12.1. The Morgan fingerprint density at radius 2 is 1.09 bits per heavy atom. The van der Waals surface area contributed by atoms with Gasteiger partial charge in [0, 0.05) is 0 Å². The maximum absolute atomic E-state index is 10.3. The zero-order valence-electron chi connectivity index (χ0n) is 22.7. The molecule has 0 aromatic heterocycles. The largest absolute Gasteiger partial charge is 0.328 e. The van der Waals surface area contributed by atoms with Crippen LogP contribution in [-0.4, -0.2) is 9.79 Å². The van der Waals surface area contributed by atoms with Gasteiger partial charge >= 0.3 is 8.60 Å². The zero-order chi connectivity index (χ0) is 25.6. The highest BCUT2D eigenvalue weighted by Crippen LogP contribution is 2.51. The smallest absolute Gasteiger partial charge is 0.328 e. The summed E-state index contributed by atoms with van der Waals surface area (Å²) in [5.41, 5.74) is 3.26. The molecule has 0 bridgehead atoms. The molecule has 34 heavy (non-hydrogen) atoms. The van der Waals surface area contributed by atoms with Gasteiger partial charge in [-0.25, -0.2) is 0 Å². The summed E-state index contributed by atoms with van der Waals surface area (Å²) in [5.74, 6) is 0.729. The van der Waals surface area contributed by atoms with Gasteiger partial charge in [-0.15, -0.1) is 0 Å². The number of unbranched alkanes of at least 4 members (excludes halogenated alkanes) is 3. The maximum atomic E-state index is 10.3. The van der Waals surface area contributed by atoms with Crippen molar-refractivity contribution in [2.75, 3.05) is 0 Å². The lowest BCUT2D eigenvalue weighted by atomic mass is 9.70. The summed E-state index contributed by atoms with van der Waals surface area (Å²) in [7, 11) is -2.57. The molecular weight excluding hydrogens is 439 g/mol. The Bertz CT molecular complexity index is 833. The topological polar surface area (TPSA) is 49.7 Å². The van der Waals surface area contributed by atoms with Crippen LogP contribution in [0.15, 0.2) is 48.5 Å². The summed E-state index contributed by atoms with van der Waals surface area (Å²) in [6.45, 7) is 17.8. The van der Waals surface area contributed by atoms with Crippen molar-refractivity contribution in [1.29, 1.82) is 0 Å². The molecule has 190 valence electrons. The second-order valence-corrected chi connectivity index (χ2v) is 12.8. The molecule has 0 aliphatic carbocycles. The molecule has 0 atom stereocenters. The van der Waals surface area contributed by atoms with Crippen LogP contribution in [0.25, 0.3) is 0 Å².